The number of hydrogen-bond acceptors (Lipinski definition) is 3. The number of aliphatic imine (C=N–C) groups is 1. The van der Waals surface area contributed by atoms with Gasteiger partial charge in [-0.25, -0.2) is 0 Å². The molecule has 0 spiro atoms. The molecule has 0 aliphatic heterocycles. The van der Waals surface area contributed by atoms with Crippen molar-refractivity contribution in [3.05, 3.63) is 70.8 Å². The zero-order valence-corrected chi connectivity index (χ0v) is 16.7. The van der Waals surface area contributed by atoms with Gasteiger partial charge in [-0.2, -0.15) is 0 Å². The van der Waals surface area contributed by atoms with Crippen LogP contribution < -0.4 is 5.32 Å². The second kappa shape index (κ2) is 11.0. The van der Waals surface area contributed by atoms with Crippen molar-refractivity contribution in [1.82, 2.24) is 5.32 Å². The molecule has 128 valence electrons. The van der Waals surface area contributed by atoms with Crippen molar-refractivity contribution in [1.29, 1.82) is 0 Å². The van der Waals surface area contributed by atoms with Crippen LogP contribution in [0.25, 0.3) is 0 Å². The zero-order chi connectivity index (χ0) is 17.9. The van der Waals surface area contributed by atoms with Crippen molar-refractivity contribution >= 4 is 34.0 Å². The predicted molar refractivity (Wildman–Crippen MR) is 114 cm³/mol. The van der Waals surface area contributed by atoms with Crippen LogP contribution in [-0.2, 0) is 0 Å². The van der Waals surface area contributed by atoms with Crippen LogP contribution >= 0.6 is 24.0 Å². The van der Waals surface area contributed by atoms with Crippen LogP contribution in [0, 0.1) is 13.8 Å². The average Bonchev–Trinajstić information content (AvgIpc) is 2.61. The van der Waals surface area contributed by atoms with E-state index in [1.54, 1.807) is 11.8 Å². The summed E-state index contributed by atoms with van der Waals surface area (Å²) in [5.41, 5.74) is 4.89. The van der Waals surface area contributed by atoms with Gasteiger partial charge in [-0.15, -0.1) is 11.8 Å². The Labute approximate surface area is 155 Å². The molecule has 0 fully saturated rings. The second-order valence-electron chi connectivity index (χ2n) is 5.17. The minimum absolute atomic E-state index is 0.808. The molecule has 0 unspecified atom stereocenters. The van der Waals surface area contributed by atoms with E-state index in [4.69, 9.17) is 12.2 Å². The molecule has 2 aromatic carbocycles. The quantitative estimate of drug-likeness (QED) is 0.474. The van der Waals surface area contributed by atoms with E-state index in [0.29, 0.717) is 0 Å². The molecular formula is C20H26N2S2. The van der Waals surface area contributed by atoms with E-state index < -0.39 is 0 Å². The van der Waals surface area contributed by atoms with Crippen LogP contribution in [0.4, 0.5) is 0 Å². The number of benzene rings is 2. The molecule has 0 atom stereocenters. The Morgan fingerprint density at radius 2 is 1.50 bits per heavy atom. The summed E-state index contributed by atoms with van der Waals surface area (Å²) in [6.07, 6.45) is 0. The molecule has 0 amide bonds. The van der Waals surface area contributed by atoms with Gasteiger partial charge in [0, 0.05) is 25.2 Å². The fourth-order valence-corrected chi connectivity index (χ4v) is 3.19. The molecule has 4 heteroatoms. The van der Waals surface area contributed by atoms with Gasteiger partial charge in [0.15, 0.2) is 0 Å². The van der Waals surface area contributed by atoms with Crippen LogP contribution in [0.2, 0.25) is 0 Å². The predicted octanol–water partition coefficient (Wildman–Crippen LogP) is 5.01. The van der Waals surface area contributed by atoms with Crippen molar-refractivity contribution < 1.29 is 0 Å². The third-order valence-electron chi connectivity index (χ3n) is 3.48. The lowest BCUT2D eigenvalue weighted by molar-refractivity contribution is 1.20. The van der Waals surface area contributed by atoms with Gasteiger partial charge in [0.05, 0.1) is 5.04 Å². The Hall–Kier alpha value is -1.65. The summed E-state index contributed by atoms with van der Waals surface area (Å²) in [5, 5.41) is 4.09. The smallest absolute Gasteiger partial charge is 0.106 e. The van der Waals surface area contributed by atoms with E-state index in [9.17, 15) is 0 Å². The van der Waals surface area contributed by atoms with E-state index in [-0.39, 0.29) is 0 Å². The first-order valence-electron chi connectivity index (χ1n) is 7.98. The summed E-state index contributed by atoms with van der Waals surface area (Å²) in [4.78, 5) is 5.10. The first-order chi connectivity index (χ1) is 11.5. The van der Waals surface area contributed by atoms with Crippen LogP contribution in [0.5, 0.6) is 0 Å². The lowest BCUT2D eigenvalue weighted by atomic mass is 10.1. The number of thiocarbonyl (C=S) groups is 1. The maximum Gasteiger partial charge on any atom is 0.106 e. The Balaban J connectivity index is 0.000000243. The third-order valence-corrected chi connectivity index (χ3v) is 4.87. The standard InChI is InChI=1S/C11H15NS.C9H11NS/c1-4-13-11(12-3)10-8-6-5-7-9(10)2;1-7-5-3-4-6-8(7)9(11)10-2/h5-8H,4H2,1-3H3;3-6H,1-2H3,(H,10,11). The Kier molecular flexibility index (Phi) is 9.35. The molecule has 0 aliphatic rings. The SMILES string of the molecule is CCSC(=NC)c1ccccc1C.CNC(=S)c1ccccc1C. The van der Waals surface area contributed by atoms with Gasteiger partial charge >= 0.3 is 0 Å². The van der Waals surface area contributed by atoms with Gasteiger partial charge < -0.3 is 5.32 Å². The highest BCUT2D eigenvalue weighted by molar-refractivity contribution is 8.14. The molecule has 1 N–H and O–H groups in total. The maximum absolute atomic E-state index is 5.10. The van der Waals surface area contributed by atoms with Gasteiger partial charge in [0.2, 0.25) is 0 Å². The Morgan fingerprint density at radius 3 is 1.92 bits per heavy atom. The molecule has 24 heavy (non-hydrogen) atoms. The maximum atomic E-state index is 5.10. The highest BCUT2D eigenvalue weighted by Crippen LogP contribution is 2.16. The highest BCUT2D eigenvalue weighted by Gasteiger charge is 2.04. The van der Waals surface area contributed by atoms with Crippen molar-refractivity contribution in [2.24, 2.45) is 4.99 Å². The molecule has 0 bridgehead atoms. The molecule has 0 aromatic heterocycles. The third kappa shape index (κ3) is 6.10. The lowest BCUT2D eigenvalue weighted by Gasteiger charge is -2.06. The molecule has 0 aliphatic carbocycles. The van der Waals surface area contributed by atoms with Crippen molar-refractivity contribution in [3.63, 3.8) is 0 Å². The summed E-state index contributed by atoms with van der Waals surface area (Å²) < 4.78 is 0. The normalized spacial score (nSPS) is 10.6. The minimum atomic E-state index is 0.808. The monoisotopic (exact) mass is 358 g/mol. The summed E-state index contributed by atoms with van der Waals surface area (Å²) >= 11 is 6.89. The number of aryl methyl sites for hydroxylation is 2. The first-order valence-corrected chi connectivity index (χ1v) is 9.37. The largest absolute Gasteiger partial charge is 0.379 e. The van der Waals surface area contributed by atoms with E-state index in [1.165, 1.54) is 16.7 Å². The first kappa shape index (κ1) is 20.4. The number of nitrogens with zero attached hydrogens (tertiary/aromatic N) is 1. The fraction of sp³-hybridized carbons (Fsp3) is 0.300. The van der Waals surface area contributed by atoms with Crippen LogP contribution in [0.1, 0.15) is 29.2 Å². The Bertz CT molecular complexity index is 694. The van der Waals surface area contributed by atoms with E-state index >= 15 is 0 Å². The fourth-order valence-electron chi connectivity index (χ4n) is 2.17. The number of rotatable bonds is 3. The molecule has 0 heterocycles. The van der Waals surface area contributed by atoms with Crippen LogP contribution in [0.15, 0.2) is 53.5 Å². The molecule has 2 rings (SSSR count). The van der Waals surface area contributed by atoms with Gasteiger partial charge in [-0.3, -0.25) is 4.99 Å². The molecule has 0 saturated heterocycles. The summed E-state index contributed by atoms with van der Waals surface area (Å²) in [5.74, 6) is 1.07. The summed E-state index contributed by atoms with van der Waals surface area (Å²) in [6, 6.07) is 16.4. The average molecular weight is 359 g/mol. The number of thioether (sulfide) groups is 1. The van der Waals surface area contributed by atoms with Crippen LogP contribution in [0.3, 0.4) is 0 Å². The van der Waals surface area contributed by atoms with Gasteiger partial charge in [0.1, 0.15) is 4.99 Å². The van der Waals surface area contributed by atoms with E-state index in [0.717, 1.165) is 21.3 Å². The molecule has 0 radical (unpaired) electrons. The summed E-state index contributed by atoms with van der Waals surface area (Å²) in [6.45, 7) is 6.32. The minimum Gasteiger partial charge on any atom is -0.379 e. The summed E-state index contributed by atoms with van der Waals surface area (Å²) in [7, 11) is 3.69. The van der Waals surface area contributed by atoms with E-state index in [2.05, 4.69) is 61.4 Å². The van der Waals surface area contributed by atoms with Gasteiger partial charge in [-0.05, 0) is 30.7 Å². The van der Waals surface area contributed by atoms with Crippen molar-refractivity contribution in [2.45, 2.75) is 20.8 Å². The second-order valence-corrected chi connectivity index (χ2v) is 6.83. The highest BCUT2D eigenvalue weighted by atomic mass is 32.2. The van der Waals surface area contributed by atoms with Crippen molar-refractivity contribution in [3.8, 4) is 0 Å². The zero-order valence-electron chi connectivity index (χ0n) is 15.1. The lowest BCUT2D eigenvalue weighted by Crippen LogP contribution is -2.17. The molecular weight excluding hydrogens is 332 g/mol. The van der Waals surface area contributed by atoms with Gasteiger partial charge in [-0.1, -0.05) is 67.7 Å². The number of hydrogen-bond donors (Lipinski definition) is 1. The topological polar surface area (TPSA) is 24.4 Å². The van der Waals surface area contributed by atoms with Gasteiger partial charge in [0.25, 0.3) is 0 Å². The molecule has 2 nitrogen and oxygen atoms in total. The van der Waals surface area contributed by atoms with Crippen LogP contribution in [-0.4, -0.2) is 29.9 Å². The van der Waals surface area contributed by atoms with Crippen molar-refractivity contribution in [2.75, 3.05) is 19.8 Å². The molecule has 0 saturated carbocycles. The number of nitrogens with one attached hydrogen (secondary N) is 1. The Morgan fingerprint density at radius 1 is 1.00 bits per heavy atom. The molecule has 2 aromatic rings. The van der Waals surface area contributed by atoms with E-state index in [1.807, 2.05) is 32.3 Å².